The first-order chi connectivity index (χ1) is 8.76. The molecule has 1 aromatic rings. The second-order valence-electron chi connectivity index (χ2n) is 5.47. The average Bonchev–Trinajstić information content (AvgIpc) is 2.80. The molecule has 18 heavy (non-hydrogen) atoms. The number of phenols is 1. The Morgan fingerprint density at radius 2 is 1.89 bits per heavy atom. The molecule has 2 fully saturated rings. The predicted octanol–water partition coefficient (Wildman–Crippen LogP) is 3.26. The van der Waals surface area contributed by atoms with Gasteiger partial charge in [-0.2, -0.15) is 0 Å². The van der Waals surface area contributed by atoms with Crippen LogP contribution in [0.5, 0.6) is 11.5 Å². The van der Waals surface area contributed by atoms with Crippen molar-refractivity contribution in [3.63, 3.8) is 0 Å². The molecule has 3 rings (SSSR count). The smallest absolute Gasteiger partial charge is 0.119 e. The molecule has 98 valence electrons. The normalized spacial score (nSPS) is 26.3. The molecular formula is C15H20O3. The van der Waals surface area contributed by atoms with Crippen LogP contribution in [-0.4, -0.2) is 23.4 Å². The van der Waals surface area contributed by atoms with Gasteiger partial charge in [-0.05, 0) is 37.1 Å². The zero-order chi connectivity index (χ0) is 12.4. The van der Waals surface area contributed by atoms with Crippen LogP contribution in [0.15, 0.2) is 24.3 Å². The lowest BCUT2D eigenvalue weighted by molar-refractivity contribution is -0.108. The van der Waals surface area contributed by atoms with E-state index < -0.39 is 0 Å². The number of hydrogen-bond donors (Lipinski definition) is 1. The maximum absolute atomic E-state index is 9.25. The van der Waals surface area contributed by atoms with Gasteiger partial charge in [0.1, 0.15) is 17.6 Å². The maximum Gasteiger partial charge on any atom is 0.119 e. The van der Waals surface area contributed by atoms with Gasteiger partial charge in [0.15, 0.2) is 0 Å². The molecule has 1 saturated carbocycles. The van der Waals surface area contributed by atoms with Crippen molar-refractivity contribution in [1.29, 1.82) is 0 Å². The first-order valence-electron chi connectivity index (χ1n) is 6.85. The Kier molecular flexibility index (Phi) is 3.16. The molecule has 1 unspecified atom stereocenters. The van der Waals surface area contributed by atoms with Gasteiger partial charge in [0, 0.05) is 12.8 Å². The summed E-state index contributed by atoms with van der Waals surface area (Å²) in [6, 6.07) is 6.98. The van der Waals surface area contributed by atoms with Crippen molar-refractivity contribution in [3.05, 3.63) is 24.3 Å². The molecule has 0 radical (unpaired) electrons. The van der Waals surface area contributed by atoms with E-state index in [0.717, 1.165) is 25.2 Å². The SMILES string of the molecule is Oc1ccc(OC2CCOC3(CCCC3)C2)cc1. The van der Waals surface area contributed by atoms with Crippen LogP contribution in [0.4, 0.5) is 0 Å². The summed E-state index contributed by atoms with van der Waals surface area (Å²) in [6.45, 7) is 0.808. The van der Waals surface area contributed by atoms with Crippen molar-refractivity contribution >= 4 is 0 Å². The van der Waals surface area contributed by atoms with Crippen LogP contribution in [0.3, 0.4) is 0 Å². The van der Waals surface area contributed by atoms with E-state index in [1.165, 1.54) is 25.7 Å². The second-order valence-corrected chi connectivity index (χ2v) is 5.47. The molecule has 1 saturated heterocycles. The lowest BCUT2D eigenvalue weighted by atomic mass is 9.90. The minimum Gasteiger partial charge on any atom is -0.508 e. The minimum absolute atomic E-state index is 0.0971. The van der Waals surface area contributed by atoms with E-state index >= 15 is 0 Å². The molecule has 0 amide bonds. The van der Waals surface area contributed by atoms with Crippen LogP contribution in [0.25, 0.3) is 0 Å². The number of hydrogen-bond acceptors (Lipinski definition) is 3. The second kappa shape index (κ2) is 4.81. The first kappa shape index (κ1) is 11.8. The Balaban J connectivity index is 1.64. The van der Waals surface area contributed by atoms with E-state index in [9.17, 15) is 5.11 Å². The molecule has 0 aromatic heterocycles. The summed E-state index contributed by atoms with van der Waals surface area (Å²) in [7, 11) is 0. The highest BCUT2D eigenvalue weighted by Gasteiger charge is 2.40. The van der Waals surface area contributed by atoms with Crippen LogP contribution in [-0.2, 0) is 4.74 Å². The van der Waals surface area contributed by atoms with Crippen molar-refractivity contribution in [2.24, 2.45) is 0 Å². The third-order valence-electron chi connectivity index (χ3n) is 4.10. The van der Waals surface area contributed by atoms with Gasteiger partial charge < -0.3 is 14.6 Å². The Morgan fingerprint density at radius 1 is 1.17 bits per heavy atom. The Bertz CT molecular complexity index is 393. The Hall–Kier alpha value is -1.22. The number of phenolic OH excluding ortho intramolecular Hbond substituents is 1. The van der Waals surface area contributed by atoms with Crippen LogP contribution < -0.4 is 4.74 Å². The molecule has 1 atom stereocenters. The summed E-state index contributed by atoms with van der Waals surface area (Å²) in [4.78, 5) is 0. The number of ether oxygens (including phenoxy) is 2. The summed E-state index contributed by atoms with van der Waals surface area (Å²) in [5.74, 6) is 1.12. The van der Waals surface area contributed by atoms with Crippen molar-refractivity contribution in [3.8, 4) is 11.5 Å². The average molecular weight is 248 g/mol. The van der Waals surface area contributed by atoms with Gasteiger partial charge in [0.25, 0.3) is 0 Å². The van der Waals surface area contributed by atoms with E-state index in [0.29, 0.717) is 0 Å². The molecule has 1 aliphatic heterocycles. The van der Waals surface area contributed by atoms with Crippen molar-refractivity contribution in [2.75, 3.05) is 6.61 Å². The quantitative estimate of drug-likeness (QED) is 0.873. The highest BCUT2D eigenvalue weighted by atomic mass is 16.5. The first-order valence-corrected chi connectivity index (χ1v) is 6.85. The standard InChI is InChI=1S/C15H20O3/c16-12-3-5-13(6-4-12)18-14-7-10-17-15(11-14)8-1-2-9-15/h3-6,14,16H,1-2,7-11H2. The van der Waals surface area contributed by atoms with Gasteiger partial charge in [-0.3, -0.25) is 0 Å². The van der Waals surface area contributed by atoms with Gasteiger partial charge >= 0.3 is 0 Å². The van der Waals surface area contributed by atoms with E-state index in [1.54, 1.807) is 12.1 Å². The molecule has 1 heterocycles. The summed E-state index contributed by atoms with van der Waals surface area (Å²) >= 11 is 0. The topological polar surface area (TPSA) is 38.7 Å². The monoisotopic (exact) mass is 248 g/mol. The van der Waals surface area contributed by atoms with Gasteiger partial charge in [-0.15, -0.1) is 0 Å². The third-order valence-corrected chi connectivity index (χ3v) is 4.10. The number of benzene rings is 1. The van der Waals surface area contributed by atoms with E-state index in [-0.39, 0.29) is 17.5 Å². The summed E-state index contributed by atoms with van der Waals surface area (Å²) in [5, 5.41) is 9.25. The van der Waals surface area contributed by atoms with Crippen molar-refractivity contribution < 1.29 is 14.6 Å². The fourth-order valence-corrected chi connectivity index (χ4v) is 3.17. The van der Waals surface area contributed by atoms with E-state index in [2.05, 4.69) is 0 Å². The molecule has 1 aliphatic carbocycles. The summed E-state index contributed by atoms with van der Waals surface area (Å²) < 4.78 is 12.0. The van der Waals surface area contributed by atoms with Gasteiger partial charge in [-0.1, -0.05) is 12.8 Å². The zero-order valence-electron chi connectivity index (χ0n) is 10.6. The fraction of sp³-hybridized carbons (Fsp3) is 0.600. The van der Waals surface area contributed by atoms with E-state index in [4.69, 9.17) is 9.47 Å². The molecule has 3 heteroatoms. The van der Waals surface area contributed by atoms with Crippen LogP contribution >= 0.6 is 0 Å². The molecular weight excluding hydrogens is 228 g/mol. The van der Waals surface area contributed by atoms with Crippen LogP contribution in [0.2, 0.25) is 0 Å². The largest absolute Gasteiger partial charge is 0.508 e. The molecule has 1 spiro atoms. The molecule has 0 bridgehead atoms. The van der Waals surface area contributed by atoms with Crippen molar-refractivity contribution in [1.82, 2.24) is 0 Å². The molecule has 3 nitrogen and oxygen atoms in total. The maximum atomic E-state index is 9.25. The highest BCUT2D eigenvalue weighted by molar-refractivity contribution is 5.30. The van der Waals surface area contributed by atoms with Crippen molar-refractivity contribution in [2.45, 2.75) is 50.2 Å². The summed E-state index contributed by atoms with van der Waals surface area (Å²) in [6.07, 6.45) is 7.15. The lowest BCUT2D eigenvalue weighted by Gasteiger charge is -2.38. The Morgan fingerprint density at radius 3 is 2.61 bits per heavy atom. The number of rotatable bonds is 2. The minimum atomic E-state index is 0.0971. The highest BCUT2D eigenvalue weighted by Crippen LogP contribution is 2.40. The zero-order valence-corrected chi connectivity index (χ0v) is 10.6. The Labute approximate surface area is 108 Å². The molecule has 2 aliphatic rings. The van der Waals surface area contributed by atoms with Gasteiger partial charge in [-0.25, -0.2) is 0 Å². The third kappa shape index (κ3) is 2.46. The van der Waals surface area contributed by atoms with Crippen LogP contribution in [0.1, 0.15) is 38.5 Å². The lowest BCUT2D eigenvalue weighted by Crippen LogP contribution is -2.41. The van der Waals surface area contributed by atoms with Gasteiger partial charge in [0.05, 0.1) is 12.2 Å². The van der Waals surface area contributed by atoms with Crippen LogP contribution in [0, 0.1) is 0 Å². The number of aromatic hydroxyl groups is 1. The van der Waals surface area contributed by atoms with E-state index in [1.807, 2.05) is 12.1 Å². The molecule has 1 aromatic carbocycles. The summed E-state index contributed by atoms with van der Waals surface area (Å²) in [5.41, 5.74) is 0.0971. The predicted molar refractivity (Wildman–Crippen MR) is 68.9 cm³/mol. The van der Waals surface area contributed by atoms with Gasteiger partial charge in [0.2, 0.25) is 0 Å². The molecule has 1 N–H and O–H groups in total. The fourth-order valence-electron chi connectivity index (χ4n) is 3.17.